The molecular formula is C26H29ClN4O. The van der Waals surface area contributed by atoms with Gasteiger partial charge in [-0.25, -0.2) is 4.98 Å². The predicted molar refractivity (Wildman–Crippen MR) is 130 cm³/mol. The molecule has 2 aliphatic heterocycles. The number of benzene rings is 2. The first-order valence-corrected chi connectivity index (χ1v) is 11.9. The first kappa shape index (κ1) is 21.2. The van der Waals surface area contributed by atoms with Gasteiger partial charge in [0.05, 0.1) is 29.4 Å². The Kier molecular flexibility index (Phi) is 6.03. The molecule has 5 nitrogen and oxygen atoms in total. The summed E-state index contributed by atoms with van der Waals surface area (Å²) in [6.07, 6.45) is 8.28. The highest BCUT2D eigenvalue weighted by molar-refractivity contribution is 6.30. The van der Waals surface area contributed by atoms with Crippen molar-refractivity contribution in [3.05, 3.63) is 71.0 Å². The summed E-state index contributed by atoms with van der Waals surface area (Å²) in [5, 5.41) is 4.13. The van der Waals surface area contributed by atoms with Gasteiger partial charge in [-0.3, -0.25) is 4.79 Å². The number of halogens is 1. The van der Waals surface area contributed by atoms with E-state index < -0.39 is 0 Å². The summed E-state index contributed by atoms with van der Waals surface area (Å²) in [6.45, 7) is 4.60. The molecule has 1 amide bonds. The van der Waals surface area contributed by atoms with Crippen molar-refractivity contribution in [3.8, 4) is 0 Å². The van der Waals surface area contributed by atoms with Gasteiger partial charge in [0.1, 0.15) is 0 Å². The summed E-state index contributed by atoms with van der Waals surface area (Å²) in [7, 11) is 0. The molecule has 0 bridgehead atoms. The van der Waals surface area contributed by atoms with Gasteiger partial charge < -0.3 is 14.8 Å². The topological polar surface area (TPSA) is 50.2 Å². The van der Waals surface area contributed by atoms with E-state index in [-0.39, 0.29) is 18.0 Å². The van der Waals surface area contributed by atoms with Crippen LogP contribution in [-0.4, -0.2) is 46.0 Å². The van der Waals surface area contributed by atoms with Crippen molar-refractivity contribution in [2.45, 2.75) is 44.7 Å². The van der Waals surface area contributed by atoms with Crippen LogP contribution in [0.25, 0.3) is 16.6 Å². The van der Waals surface area contributed by atoms with Crippen molar-refractivity contribution in [1.29, 1.82) is 0 Å². The highest BCUT2D eigenvalue weighted by atomic mass is 35.5. The largest absolute Gasteiger partial charge is 0.337 e. The summed E-state index contributed by atoms with van der Waals surface area (Å²) >= 11 is 6.06. The molecule has 5 rings (SSSR count). The van der Waals surface area contributed by atoms with E-state index in [0.29, 0.717) is 6.54 Å². The summed E-state index contributed by atoms with van der Waals surface area (Å²) in [6, 6.07) is 14.6. The fourth-order valence-electron chi connectivity index (χ4n) is 4.85. The molecule has 3 aromatic rings. The second kappa shape index (κ2) is 9.08. The lowest BCUT2D eigenvalue weighted by Crippen LogP contribution is -2.49. The minimum Gasteiger partial charge on any atom is -0.337 e. The number of aromatic nitrogens is 2. The molecule has 2 aromatic carbocycles. The van der Waals surface area contributed by atoms with E-state index in [1.807, 2.05) is 23.4 Å². The third kappa shape index (κ3) is 4.19. The normalized spacial score (nSPS) is 20.2. The zero-order valence-corrected chi connectivity index (χ0v) is 19.2. The average molecular weight is 449 g/mol. The van der Waals surface area contributed by atoms with Crippen LogP contribution in [0.5, 0.6) is 0 Å². The molecule has 2 atom stereocenters. The standard InChI is InChI=1S/C26H29ClN4O/c1-18(19-5-8-22(27)9-6-19)31-17-29-23-10-7-21(16-25(23)31)20-11-14-30(15-12-20)26(32)24-4-2-3-13-28-24/h5-11,16-18,24,28H,2-4,12-15H2,1H3/t18-,24-/m1/s1. The number of piperidine rings is 1. The molecule has 0 saturated carbocycles. The van der Waals surface area contributed by atoms with Crippen LogP contribution in [0.1, 0.15) is 49.8 Å². The minimum atomic E-state index is -0.00115. The van der Waals surface area contributed by atoms with E-state index in [1.54, 1.807) is 0 Å². The molecule has 1 fully saturated rings. The zero-order valence-electron chi connectivity index (χ0n) is 18.4. The number of hydrogen-bond acceptors (Lipinski definition) is 3. The van der Waals surface area contributed by atoms with Gasteiger partial charge in [0, 0.05) is 18.1 Å². The van der Waals surface area contributed by atoms with Gasteiger partial charge in [-0.2, -0.15) is 0 Å². The number of hydrogen-bond donors (Lipinski definition) is 1. The molecule has 1 aromatic heterocycles. The van der Waals surface area contributed by atoms with Crippen molar-refractivity contribution in [3.63, 3.8) is 0 Å². The molecule has 0 aliphatic carbocycles. The van der Waals surface area contributed by atoms with Gasteiger partial charge in [0.2, 0.25) is 5.91 Å². The van der Waals surface area contributed by atoms with E-state index in [9.17, 15) is 4.79 Å². The van der Waals surface area contributed by atoms with Gasteiger partial charge in [-0.1, -0.05) is 42.3 Å². The first-order chi connectivity index (χ1) is 15.6. The Morgan fingerprint density at radius 2 is 2.03 bits per heavy atom. The molecular weight excluding hydrogens is 420 g/mol. The number of imidazole rings is 1. The maximum Gasteiger partial charge on any atom is 0.239 e. The molecule has 6 heteroatoms. The summed E-state index contributed by atoms with van der Waals surface area (Å²) in [5.41, 5.74) is 5.83. The highest BCUT2D eigenvalue weighted by Crippen LogP contribution is 2.29. The summed E-state index contributed by atoms with van der Waals surface area (Å²) in [5.74, 6) is 0.255. The maximum atomic E-state index is 12.8. The molecule has 2 aliphatic rings. The second-order valence-corrected chi connectivity index (χ2v) is 9.29. The van der Waals surface area contributed by atoms with Gasteiger partial charge >= 0.3 is 0 Å². The third-order valence-corrected chi connectivity index (χ3v) is 7.10. The van der Waals surface area contributed by atoms with E-state index >= 15 is 0 Å². The molecule has 0 spiro atoms. The monoisotopic (exact) mass is 448 g/mol. The zero-order chi connectivity index (χ0) is 22.1. The van der Waals surface area contributed by atoms with Gasteiger partial charge in [0.15, 0.2) is 0 Å². The summed E-state index contributed by atoms with van der Waals surface area (Å²) in [4.78, 5) is 19.4. The fraction of sp³-hybridized carbons (Fsp3) is 0.385. The summed E-state index contributed by atoms with van der Waals surface area (Å²) < 4.78 is 2.22. The van der Waals surface area contributed by atoms with Crippen LogP contribution in [0.3, 0.4) is 0 Å². The molecule has 0 unspecified atom stereocenters. The second-order valence-electron chi connectivity index (χ2n) is 8.85. The van der Waals surface area contributed by atoms with Crippen LogP contribution >= 0.6 is 11.6 Å². The van der Waals surface area contributed by atoms with Crippen molar-refractivity contribution >= 4 is 34.1 Å². The Morgan fingerprint density at radius 3 is 2.75 bits per heavy atom. The number of nitrogens with one attached hydrogen (secondary N) is 1. The van der Waals surface area contributed by atoms with Gasteiger partial charge in [0.25, 0.3) is 0 Å². The number of carbonyl (C=O) groups is 1. The molecule has 32 heavy (non-hydrogen) atoms. The molecule has 3 heterocycles. The van der Waals surface area contributed by atoms with E-state index in [1.165, 1.54) is 23.1 Å². The molecule has 1 N–H and O–H groups in total. The van der Waals surface area contributed by atoms with Crippen LogP contribution in [0.4, 0.5) is 0 Å². The van der Waals surface area contributed by atoms with E-state index in [0.717, 1.165) is 48.4 Å². The lowest BCUT2D eigenvalue weighted by Gasteiger charge is -2.32. The van der Waals surface area contributed by atoms with Crippen LogP contribution in [0.2, 0.25) is 5.02 Å². The Morgan fingerprint density at radius 1 is 1.19 bits per heavy atom. The Labute approximate surface area is 194 Å². The fourth-order valence-corrected chi connectivity index (χ4v) is 4.98. The van der Waals surface area contributed by atoms with E-state index in [2.05, 4.69) is 58.2 Å². The number of carbonyl (C=O) groups excluding carboxylic acids is 1. The van der Waals surface area contributed by atoms with Crippen LogP contribution < -0.4 is 5.32 Å². The van der Waals surface area contributed by atoms with Gasteiger partial charge in [-0.15, -0.1) is 0 Å². The van der Waals surface area contributed by atoms with Crippen molar-refractivity contribution in [1.82, 2.24) is 19.8 Å². The van der Waals surface area contributed by atoms with Crippen LogP contribution in [0, 0.1) is 0 Å². The number of fused-ring (bicyclic) bond motifs is 1. The Balaban J connectivity index is 1.36. The lowest BCUT2D eigenvalue weighted by atomic mass is 9.97. The average Bonchev–Trinajstić information content (AvgIpc) is 3.27. The van der Waals surface area contributed by atoms with Crippen LogP contribution in [-0.2, 0) is 4.79 Å². The Bertz CT molecular complexity index is 1140. The maximum absolute atomic E-state index is 12.8. The van der Waals surface area contributed by atoms with Crippen molar-refractivity contribution in [2.24, 2.45) is 0 Å². The van der Waals surface area contributed by atoms with Crippen LogP contribution in [0.15, 0.2) is 54.9 Å². The highest BCUT2D eigenvalue weighted by Gasteiger charge is 2.27. The quantitative estimate of drug-likeness (QED) is 0.607. The lowest BCUT2D eigenvalue weighted by molar-refractivity contribution is -0.133. The number of rotatable bonds is 4. The third-order valence-electron chi connectivity index (χ3n) is 6.84. The van der Waals surface area contributed by atoms with E-state index in [4.69, 9.17) is 11.6 Å². The Hall–Kier alpha value is -2.63. The smallest absolute Gasteiger partial charge is 0.239 e. The molecule has 0 radical (unpaired) electrons. The number of amides is 1. The molecule has 166 valence electrons. The minimum absolute atomic E-state index is 0.00115. The number of nitrogens with zero attached hydrogens (tertiary/aromatic N) is 3. The molecule has 1 saturated heterocycles. The first-order valence-electron chi connectivity index (χ1n) is 11.5. The SMILES string of the molecule is C[C@H](c1ccc(Cl)cc1)n1cnc2ccc(C3=CCN(C(=O)[C@H]4CCCCN4)CC3)cc21. The van der Waals surface area contributed by atoms with Crippen molar-refractivity contribution in [2.75, 3.05) is 19.6 Å². The van der Waals surface area contributed by atoms with Crippen molar-refractivity contribution < 1.29 is 4.79 Å². The predicted octanol–water partition coefficient (Wildman–Crippen LogP) is 5.06. The van der Waals surface area contributed by atoms with Gasteiger partial charge in [-0.05, 0) is 73.7 Å².